The molecule has 2 aromatic rings. The minimum Gasteiger partial charge on any atom is -0.507 e. The molecule has 2 heterocycles. The third kappa shape index (κ3) is 6.19. The first-order chi connectivity index (χ1) is 17.8. The van der Waals surface area contributed by atoms with Crippen molar-refractivity contribution in [3.05, 3.63) is 70.5 Å². The van der Waals surface area contributed by atoms with Crippen molar-refractivity contribution >= 4 is 17.4 Å². The van der Waals surface area contributed by atoms with Gasteiger partial charge in [-0.05, 0) is 60.7 Å². The Labute approximate surface area is 217 Å². The molecule has 0 bridgehead atoms. The van der Waals surface area contributed by atoms with Gasteiger partial charge in [0.1, 0.15) is 17.3 Å². The lowest BCUT2D eigenvalue weighted by Gasteiger charge is -2.29. The monoisotopic (exact) mass is 510 g/mol. The van der Waals surface area contributed by atoms with Crippen molar-refractivity contribution in [3.63, 3.8) is 0 Å². The number of aliphatic hydroxyl groups is 1. The van der Waals surface area contributed by atoms with Gasteiger partial charge in [0.15, 0.2) is 0 Å². The van der Waals surface area contributed by atoms with E-state index in [9.17, 15) is 19.1 Å². The Morgan fingerprint density at radius 3 is 2.46 bits per heavy atom. The summed E-state index contributed by atoms with van der Waals surface area (Å²) < 4.78 is 24.9. The number of carbonyl (C=O) groups is 2. The van der Waals surface area contributed by atoms with Crippen LogP contribution < -0.4 is 4.74 Å². The molecular weight excluding hydrogens is 475 g/mol. The zero-order valence-corrected chi connectivity index (χ0v) is 21.7. The topological polar surface area (TPSA) is 79.3 Å². The number of hydrogen-bond donors (Lipinski definition) is 1. The SMILES string of the molecule is Cc1cc(OCC(C)C)ccc1C(O)=C1C(=O)C(=O)N(CCCN2CCOCC2)[C@H]1c1ccc(F)cc1. The van der Waals surface area contributed by atoms with Crippen molar-refractivity contribution in [1.29, 1.82) is 0 Å². The quantitative estimate of drug-likeness (QED) is 0.308. The fourth-order valence-corrected chi connectivity index (χ4v) is 4.79. The molecule has 0 radical (unpaired) electrons. The van der Waals surface area contributed by atoms with Gasteiger partial charge < -0.3 is 19.5 Å². The summed E-state index contributed by atoms with van der Waals surface area (Å²) in [5.41, 5.74) is 1.76. The number of morpholine rings is 1. The second kappa shape index (κ2) is 11.9. The molecule has 2 aromatic carbocycles. The highest BCUT2D eigenvalue weighted by molar-refractivity contribution is 6.46. The molecule has 7 nitrogen and oxygen atoms in total. The molecule has 0 unspecified atom stereocenters. The largest absolute Gasteiger partial charge is 0.507 e. The van der Waals surface area contributed by atoms with E-state index < -0.39 is 23.5 Å². The molecule has 1 atom stereocenters. The number of aliphatic hydroxyl groups excluding tert-OH is 1. The number of ether oxygens (including phenoxy) is 2. The second-order valence-electron chi connectivity index (χ2n) is 10.0. The molecule has 2 saturated heterocycles. The number of carbonyl (C=O) groups excluding carboxylic acids is 2. The molecule has 0 aliphatic carbocycles. The summed E-state index contributed by atoms with van der Waals surface area (Å²) in [4.78, 5) is 30.2. The summed E-state index contributed by atoms with van der Waals surface area (Å²) >= 11 is 0. The highest BCUT2D eigenvalue weighted by Gasteiger charge is 2.46. The first-order valence-corrected chi connectivity index (χ1v) is 12.8. The van der Waals surface area contributed by atoms with Gasteiger partial charge in [-0.25, -0.2) is 4.39 Å². The summed E-state index contributed by atoms with van der Waals surface area (Å²) in [5.74, 6) is -1.02. The summed E-state index contributed by atoms with van der Waals surface area (Å²) in [6, 6.07) is 10.2. The number of hydrogen-bond acceptors (Lipinski definition) is 6. The number of rotatable bonds is 9. The maximum atomic E-state index is 13.7. The van der Waals surface area contributed by atoms with E-state index in [1.165, 1.54) is 17.0 Å². The van der Waals surface area contributed by atoms with Crippen molar-refractivity contribution < 1.29 is 28.6 Å². The molecule has 2 fully saturated rings. The Balaban J connectivity index is 1.65. The van der Waals surface area contributed by atoms with Crippen LogP contribution in [0.4, 0.5) is 4.39 Å². The molecule has 37 heavy (non-hydrogen) atoms. The molecule has 0 aromatic heterocycles. The van der Waals surface area contributed by atoms with Crippen LogP contribution in [0.15, 0.2) is 48.0 Å². The lowest BCUT2D eigenvalue weighted by atomic mass is 9.94. The van der Waals surface area contributed by atoms with Crippen molar-refractivity contribution in [2.45, 2.75) is 33.2 Å². The first-order valence-electron chi connectivity index (χ1n) is 12.8. The Hall–Kier alpha value is -3.23. The lowest BCUT2D eigenvalue weighted by Crippen LogP contribution is -2.38. The predicted octanol–water partition coefficient (Wildman–Crippen LogP) is 4.31. The Morgan fingerprint density at radius 2 is 1.81 bits per heavy atom. The minimum atomic E-state index is -0.804. The second-order valence-corrected chi connectivity index (χ2v) is 10.0. The molecular formula is C29H35FN2O5. The summed E-state index contributed by atoms with van der Waals surface area (Å²) in [5, 5.41) is 11.4. The van der Waals surface area contributed by atoms with Gasteiger partial charge in [-0.2, -0.15) is 0 Å². The van der Waals surface area contributed by atoms with Gasteiger partial charge in [-0.1, -0.05) is 26.0 Å². The third-order valence-corrected chi connectivity index (χ3v) is 6.74. The van der Waals surface area contributed by atoms with Gasteiger partial charge in [-0.3, -0.25) is 14.5 Å². The van der Waals surface area contributed by atoms with Crippen LogP contribution >= 0.6 is 0 Å². The predicted molar refractivity (Wildman–Crippen MR) is 139 cm³/mol. The maximum absolute atomic E-state index is 13.7. The zero-order valence-electron chi connectivity index (χ0n) is 21.7. The van der Waals surface area contributed by atoms with Crippen LogP contribution in [0.2, 0.25) is 0 Å². The fourth-order valence-electron chi connectivity index (χ4n) is 4.79. The van der Waals surface area contributed by atoms with Gasteiger partial charge in [0, 0.05) is 31.7 Å². The number of amides is 1. The minimum absolute atomic E-state index is 0.0157. The van der Waals surface area contributed by atoms with E-state index in [4.69, 9.17) is 9.47 Å². The van der Waals surface area contributed by atoms with Gasteiger partial charge >= 0.3 is 0 Å². The lowest BCUT2D eigenvalue weighted by molar-refractivity contribution is -0.140. The van der Waals surface area contributed by atoms with Crippen LogP contribution in [-0.2, 0) is 14.3 Å². The molecule has 2 aliphatic heterocycles. The van der Waals surface area contributed by atoms with Crippen molar-refractivity contribution in [3.8, 4) is 5.75 Å². The number of benzene rings is 2. The van der Waals surface area contributed by atoms with E-state index in [2.05, 4.69) is 18.7 Å². The average molecular weight is 511 g/mol. The summed E-state index contributed by atoms with van der Waals surface area (Å²) in [6.45, 7) is 10.6. The summed E-state index contributed by atoms with van der Waals surface area (Å²) in [7, 11) is 0. The van der Waals surface area contributed by atoms with Gasteiger partial charge in [0.25, 0.3) is 11.7 Å². The Kier molecular flexibility index (Phi) is 8.61. The van der Waals surface area contributed by atoms with Gasteiger partial charge in [-0.15, -0.1) is 0 Å². The number of aryl methyl sites for hydroxylation is 1. The van der Waals surface area contributed by atoms with Gasteiger partial charge in [0.2, 0.25) is 0 Å². The molecule has 1 amide bonds. The Bertz CT molecular complexity index is 1160. The van der Waals surface area contributed by atoms with E-state index in [-0.39, 0.29) is 11.3 Å². The number of likely N-dealkylation sites (tertiary alicyclic amines) is 1. The van der Waals surface area contributed by atoms with E-state index in [0.29, 0.717) is 55.6 Å². The van der Waals surface area contributed by atoms with Crippen LogP contribution in [0.5, 0.6) is 5.75 Å². The number of halogens is 1. The first kappa shape index (κ1) is 26.8. The van der Waals surface area contributed by atoms with Crippen LogP contribution in [0.25, 0.3) is 5.76 Å². The van der Waals surface area contributed by atoms with E-state index in [1.807, 2.05) is 13.0 Å². The zero-order chi connectivity index (χ0) is 26.5. The summed E-state index contributed by atoms with van der Waals surface area (Å²) in [6.07, 6.45) is 0.658. The smallest absolute Gasteiger partial charge is 0.295 e. The van der Waals surface area contributed by atoms with E-state index in [0.717, 1.165) is 25.2 Å². The van der Waals surface area contributed by atoms with Gasteiger partial charge in [0.05, 0.1) is 31.4 Å². The highest BCUT2D eigenvalue weighted by Crippen LogP contribution is 2.40. The normalized spacial score (nSPS) is 20.1. The molecule has 0 spiro atoms. The maximum Gasteiger partial charge on any atom is 0.295 e. The molecule has 198 valence electrons. The highest BCUT2D eigenvalue weighted by atomic mass is 19.1. The molecule has 2 aliphatic rings. The number of ketones is 1. The van der Waals surface area contributed by atoms with Crippen molar-refractivity contribution in [2.24, 2.45) is 5.92 Å². The van der Waals surface area contributed by atoms with E-state index >= 15 is 0 Å². The third-order valence-electron chi connectivity index (χ3n) is 6.74. The molecule has 8 heteroatoms. The average Bonchev–Trinajstić information content (AvgIpc) is 3.13. The van der Waals surface area contributed by atoms with Crippen molar-refractivity contribution in [2.75, 3.05) is 46.0 Å². The fraction of sp³-hybridized carbons (Fsp3) is 0.448. The number of Topliss-reactive ketones (excluding diaryl/α,β-unsaturated/α-hetero) is 1. The van der Waals surface area contributed by atoms with Crippen LogP contribution in [0, 0.1) is 18.7 Å². The number of nitrogens with zero attached hydrogens (tertiary/aromatic N) is 2. The standard InChI is InChI=1S/C29H35FN2O5/c1-19(2)18-37-23-9-10-24(20(3)17-23)27(33)25-26(21-5-7-22(30)8-6-21)32(29(35)28(25)34)12-4-11-31-13-15-36-16-14-31/h5-10,17,19,26,33H,4,11-16,18H2,1-3H3/t26-/m0/s1. The van der Waals surface area contributed by atoms with Crippen LogP contribution in [-0.4, -0.2) is 72.6 Å². The van der Waals surface area contributed by atoms with Crippen LogP contribution in [0.1, 0.15) is 43.0 Å². The molecule has 1 N–H and O–H groups in total. The van der Waals surface area contributed by atoms with E-state index in [1.54, 1.807) is 24.3 Å². The molecule has 4 rings (SSSR count). The van der Waals surface area contributed by atoms with Crippen LogP contribution in [0.3, 0.4) is 0 Å². The van der Waals surface area contributed by atoms with Crippen molar-refractivity contribution in [1.82, 2.24) is 9.80 Å². The molecule has 0 saturated carbocycles. The Morgan fingerprint density at radius 1 is 1.11 bits per heavy atom.